The van der Waals surface area contributed by atoms with Crippen LogP contribution >= 0.6 is 0 Å². The Bertz CT molecular complexity index is 1140. The molecule has 0 fully saturated rings. The van der Waals surface area contributed by atoms with Gasteiger partial charge in [-0.15, -0.1) is 0 Å². The number of benzene rings is 3. The molecular formula is C20H15N3O. The molecule has 4 rings (SSSR count). The second-order valence-electron chi connectivity index (χ2n) is 5.64. The van der Waals surface area contributed by atoms with Crippen molar-refractivity contribution in [3.63, 3.8) is 0 Å². The van der Waals surface area contributed by atoms with Crippen LogP contribution in [0.3, 0.4) is 0 Å². The summed E-state index contributed by atoms with van der Waals surface area (Å²) < 4.78 is 1.34. The first kappa shape index (κ1) is 14.3. The van der Waals surface area contributed by atoms with Gasteiger partial charge in [0.1, 0.15) is 5.82 Å². The molecule has 116 valence electrons. The molecule has 0 spiro atoms. The Kier molecular flexibility index (Phi) is 3.43. The monoisotopic (exact) mass is 313 g/mol. The molecular weight excluding hydrogens is 298 g/mol. The number of hydrogen-bond donors (Lipinski definition) is 0. The molecule has 0 amide bonds. The van der Waals surface area contributed by atoms with Crippen LogP contribution in [0, 0.1) is 6.92 Å². The molecule has 0 N–H and O–H groups in total. The quantitative estimate of drug-likeness (QED) is 0.529. The molecule has 0 atom stereocenters. The van der Waals surface area contributed by atoms with Crippen LogP contribution in [-0.2, 0) is 0 Å². The summed E-state index contributed by atoms with van der Waals surface area (Å²) in [6.45, 7) is 1.78. The summed E-state index contributed by atoms with van der Waals surface area (Å²) in [7, 11) is 0. The van der Waals surface area contributed by atoms with Gasteiger partial charge in [-0.1, -0.05) is 48.5 Å². The highest BCUT2D eigenvalue weighted by atomic mass is 16.1. The molecule has 24 heavy (non-hydrogen) atoms. The molecule has 4 aromatic rings. The number of para-hydroxylation sites is 1. The Balaban J connectivity index is 1.80. The Hall–Kier alpha value is -3.27. The third-order valence-electron chi connectivity index (χ3n) is 4.01. The fraction of sp³-hybridized carbons (Fsp3) is 0.0500. The summed E-state index contributed by atoms with van der Waals surface area (Å²) in [6, 6.07) is 21.5. The first-order chi connectivity index (χ1) is 11.7. The van der Waals surface area contributed by atoms with Gasteiger partial charge in [-0.05, 0) is 41.5 Å². The van der Waals surface area contributed by atoms with Gasteiger partial charge in [0, 0.05) is 0 Å². The fourth-order valence-electron chi connectivity index (χ4n) is 2.78. The minimum atomic E-state index is -0.157. The van der Waals surface area contributed by atoms with Gasteiger partial charge in [0.15, 0.2) is 0 Å². The van der Waals surface area contributed by atoms with E-state index in [1.54, 1.807) is 19.2 Å². The molecule has 0 aliphatic heterocycles. The second kappa shape index (κ2) is 5.74. The SMILES string of the molecule is Cc1nc2ccccc2c(=O)n1/N=C/c1ccc2ccccc2c1. The summed E-state index contributed by atoms with van der Waals surface area (Å²) in [6.07, 6.45) is 1.69. The molecule has 0 aliphatic rings. The zero-order chi connectivity index (χ0) is 16.5. The zero-order valence-electron chi connectivity index (χ0n) is 13.2. The maximum Gasteiger partial charge on any atom is 0.282 e. The number of rotatable bonds is 2. The van der Waals surface area contributed by atoms with Crippen molar-refractivity contribution in [3.05, 3.63) is 88.5 Å². The Labute approximate surface area is 138 Å². The minimum Gasteiger partial charge on any atom is -0.267 e. The standard InChI is InChI=1S/C20H15N3O/c1-14-22-19-9-5-4-8-18(19)20(24)23(14)21-13-15-10-11-16-6-2-3-7-17(16)12-15/h2-13H,1H3/b21-13+. The summed E-state index contributed by atoms with van der Waals surface area (Å²) in [5, 5.41) is 7.23. The molecule has 1 aromatic heterocycles. The van der Waals surface area contributed by atoms with Crippen molar-refractivity contribution in [2.75, 3.05) is 0 Å². The number of nitrogens with zero attached hydrogens (tertiary/aromatic N) is 3. The highest BCUT2D eigenvalue weighted by molar-refractivity contribution is 5.90. The molecule has 0 saturated heterocycles. The Morgan fingerprint density at radius 1 is 0.958 bits per heavy atom. The van der Waals surface area contributed by atoms with Gasteiger partial charge in [-0.3, -0.25) is 4.79 Å². The highest BCUT2D eigenvalue weighted by Gasteiger charge is 2.06. The van der Waals surface area contributed by atoms with Gasteiger partial charge in [-0.2, -0.15) is 9.78 Å². The zero-order valence-corrected chi connectivity index (χ0v) is 13.2. The van der Waals surface area contributed by atoms with Crippen LogP contribution in [0.1, 0.15) is 11.4 Å². The molecule has 0 saturated carbocycles. The third-order valence-corrected chi connectivity index (χ3v) is 4.01. The van der Waals surface area contributed by atoms with Crippen LogP contribution in [0.4, 0.5) is 0 Å². The molecule has 0 bridgehead atoms. The number of fused-ring (bicyclic) bond motifs is 2. The lowest BCUT2D eigenvalue weighted by Crippen LogP contribution is -2.20. The first-order valence-corrected chi connectivity index (χ1v) is 7.74. The number of hydrogen-bond acceptors (Lipinski definition) is 3. The van der Waals surface area contributed by atoms with Gasteiger partial charge >= 0.3 is 0 Å². The lowest BCUT2D eigenvalue weighted by atomic mass is 10.1. The maximum atomic E-state index is 12.6. The lowest BCUT2D eigenvalue weighted by Gasteiger charge is -2.05. The van der Waals surface area contributed by atoms with E-state index in [9.17, 15) is 4.79 Å². The highest BCUT2D eigenvalue weighted by Crippen LogP contribution is 2.14. The van der Waals surface area contributed by atoms with Crippen molar-refractivity contribution < 1.29 is 0 Å². The topological polar surface area (TPSA) is 47.2 Å². The van der Waals surface area contributed by atoms with E-state index in [-0.39, 0.29) is 5.56 Å². The van der Waals surface area contributed by atoms with E-state index in [0.717, 1.165) is 10.9 Å². The van der Waals surface area contributed by atoms with E-state index >= 15 is 0 Å². The molecule has 0 radical (unpaired) electrons. The third kappa shape index (κ3) is 2.48. The van der Waals surface area contributed by atoms with E-state index in [0.29, 0.717) is 16.7 Å². The fourth-order valence-corrected chi connectivity index (χ4v) is 2.78. The minimum absolute atomic E-state index is 0.157. The van der Waals surface area contributed by atoms with Crippen molar-refractivity contribution in [1.29, 1.82) is 0 Å². The van der Waals surface area contributed by atoms with Crippen LogP contribution in [0.15, 0.2) is 76.6 Å². The average Bonchev–Trinajstić information content (AvgIpc) is 2.61. The maximum absolute atomic E-state index is 12.6. The van der Waals surface area contributed by atoms with Crippen molar-refractivity contribution in [3.8, 4) is 0 Å². The van der Waals surface area contributed by atoms with Crippen LogP contribution in [0.2, 0.25) is 0 Å². The van der Waals surface area contributed by atoms with Crippen LogP contribution in [-0.4, -0.2) is 15.9 Å². The van der Waals surface area contributed by atoms with E-state index in [4.69, 9.17) is 0 Å². The Morgan fingerprint density at radius 2 is 1.71 bits per heavy atom. The largest absolute Gasteiger partial charge is 0.282 e. The van der Waals surface area contributed by atoms with Gasteiger partial charge in [0.05, 0.1) is 17.1 Å². The van der Waals surface area contributed by atoms with Gasteiger partial charge < -0.3 is 0 Å². The predicted octanol–water partition coefficient (Wildman–Crippen LogP) is 3.74. The van der Waals surface area contributed by atoms with Gasteiger partial charge in [0.2, 0.25) is 0 Å². The number of aryl methyl sites for hydroxylation is 1. The summed E-state index contributed by atoms with van der Waals surface area (Å²) in [5.74, 6) is 0.565. The average molecular weight is 313 g/mol. The van der Waals surface area contributed by atoms with Gasteiger partial charge in [0.25, 0.3) is 5.56 Å². The van der Waals surface area contributed by atoms with Gasteiger partial charge in [-0.25, -0.2) is 4.98 Å². The molecule has 0 unspecified atom stereocenters. The van der Waals surface area contributed by atoms with Crippen LogP contribution in [0.25, 0.3) is 21.7 Å². The molecule has 4 heteroatoms. The molecule has 0 aliphatic carbocycles. The number of aromatic nitrogens is 2. The first-order valence-electron chi connectivity index (χ1n) is 7.74. The molecule has 1 heterocycles. The van der Waals surface area contributed by atoms with E-state index < -0.39 is 0 Å². The van der Waals surface area contributed by atoms with E-state index in [2.05, 4.69) is 22.2 Å². The predicted molar refractivity (Wildman–Crippen MR) is 97.7 cm³/mol. The second-order valence-corrected chi connectivity index (χ2v) is 5.64. The summed E-state index contributed by atoms with van der Waals surface area (Å²) in [4.78, 5) is 17.0. The Morgan fingerprint density at radius 3 is 2.58 bits per heavy atom. The van der Waals surface area contributed by atoms with Crippen molar-refractivity contribution >= 4 is 27.9 Å². The van der Waals surface area contributed by atoms with Crippen LogP contribution in [0.5, 0.6) is 0 Å². The lowest BCUT2D eigenvalue weighted by molar-refractivity contribution is 0.771. The van der Waals surface area contributed by atoms with Crippen molar-refractivity contribution in [2.24, 2.45) is 5.10 Å². The van der Waals surface area contributed by atoms with Crippen molar-refractivity contribution in [2.45, 2.75) is 6.92 Å². The van der Waals surface area contributed by atoms with E-state index in [1.165, 1.54) is 10.1 Å². The molecule has 3 aromatic carbocycles. The van der Waals surface area contributed by atoms with Crippen molar-refractivity contribution in [1.82, 2.24) is 9.66 Å². The molecule has 4 nitrogen and oxygen atoms in total. The normalized spacial score (nSPS) is 11.5. The summed E-state index contributed by atoms with van der Waals surface area (Å²) >= 11 is 0. The smallest absolute Gasteiger partial charge is 0.267 e. The van der Waals surface area contributed by atoms with E-state index in [1.807, 2.05) is 48.5 Å². The van der Waals surface area contributed by atoms with Crippen LogP contribution < -0.4 is 5.56 Å². The summed E-state index contributed by atoms with van der Waals surface area (Å²) in [5.41, 5.74) is 1.47.